The summed E-state index contributed by atoms with van der Waals surface area (Å²) in [6.45, 7) is -1.17. The molecule has 0 atom stereocenters. The van der Waals surface area contributed by atoms with E-state index < -0.39 is 22.8 Å². The average molecular weight is 505 g/mol. The minimum absolute atomic E-state index is 0.0867. The number of hydrogen-bond donors (Lipinski definition) is 2. The molecule has 0 unspecified atom stereocenters. The smallest absolute Gasteiger partial charge is 0.422 e. The first-order valence-corrected chi connectivity index (χ1v) is 11.7. The molecule has 178 valence electrons. The highest BCUT2D eigenvalue weighted by Gasteiger charge is 2.29. The predicted molar refractivity (Wildman–Crippen MR) is 117 cm³/mol. The summed E-state index contributed by atoms with van der Waals surface area (Å²) in [6.07, 6.45) is -2.56. The minimum atomic E-state index is -4.56. The van der Waals surface area contributed by atoms with Gasteiger partial charge in [0, 0.05) is 29.4 Å². The van der Waals surface area contributed by atoms with Crippen LogP contribution in [-0.4, -0.2) is 43.7 Å². The molecule has 0 amide bonds. The number of anilines is 1. The average Bonchev–Trinajstić information content (AvgIpc) is 2.75. The van der Waals surface area contributed by atoms with Gasteiger partial charge in [-0.25, -0.2) is 23.5 Å². The number of alkyl halides is 4. The van der Waals surface area contributed by atoms with E-state index in [9.17, 15) is 21.6 Å². The van der Waals surface area contributed by atoms with Gasteiger partial charge >= 0.3 is 6.18 Å². The number of benzene rings is 2. The van der Waals surface area contributed by atoms with Crippen molar-refractivity contribution >= 4 is 38.3 Å². The zero-order chi connectivity index (χ0) is 24.1. The van der Waals surface area contributed by atoms with E-state index in [1.165, 1.54) is 6.33 Å². The Bertz CT molecular complexity index is 1230. The van der Waals surface area contributed by atoms with Crippen LogP contribution in [0.1, 0.15) is 12.0 Å². The second-order valence-electron chi connectivity index (χ2n) is 6.86. The van der Waals surface area contributed by atoms with Crippen molar-refractivity contribution in [3.8, 4) is 11.5 Å². The molecule has 3 rings (SSSR count). The number of halogens is 4. The van der Waals surface area contributed by atoms with Crippen LogP contribution in [0.2, 0.25) is 0 Å². The molecule has 2 aromatic carbocycles. The summed E-state index contributed by atoms with van der Waals surface area (Å²) in [6, 6.07) is 8.54. The summed E-state index contributed by atoms with van der Waals surface area (Å²) in [5, 5.41) is 8.76. The number of hydrogen-bond acceptors (Lipinski definition) is 7. The largest absolute Gasteiger partial charge is 0.493 e. The summed E-state index contributed by atoms with van der Waals surface area (Å²) >= 11 is 5.64. The van der Waals surface area contributed by atoms with E-state index >= 15 is 0 Å². The molecule has 8 nitrogen and oxygen atoms in total. The molecule has 33 heavy (non-hydrogen) atoms. The molecule has 0 bridgehead atoms. The molecule has 0 saturated carbocycles. The van der Waals surface area contributed by atoms with E-state index in [2.05, 4.69) is 15.3 Å². The number of fused-ring (bicyclic) bond motifs is 1. The zero-order valence-corrected chi connectivity index (χ0v) is 18.7. The SMILES string of the molecule is NS(=O)(=O)c1ccc(OCC(F)(F)F)c(CNc2ncnc3cc(OCCCCl)ccc23)c1. The van der Waals surface area contributed by atoms with Crippen molar-refractivity contribution in [3.63, 3.8) is 0 Å². The van der Waals surface area contributed by atoms with E-state index in [0.717, 1.165) is 18.2 Å². The Balaban J connectivity index is 1.85. The molecule has 0 fully saturated rings. The molecule has 0 spiro atoms. The van der Waals surface area contributed by atoms with Gasteiger partial charge in [0.25, 0.3) is 0 Å². The molecule has 0 aliphatic rings. The summed E-state index contributed by atoms with van der Waals surface area (Å²) in [4.78, 5) is 8.11. The lowest BCUT2D eigenvalue weighted by Gasteiger charge is -2.15. The van der Waals surface area contributed by atoms with Crippen LogP contribution >= 0.6 is 11.6 Å². The van der Waals surface area contributed by atoms with Gasteiger partial charge in [0.05, 0.1) is 17.0 Å². The molecule has 13 heteroatoms. The fraction of sp³-hybridized carbons (Fsp3) is 0.300. The summed E-state index contributed by atoms with van der Waals surface area (Å²) in [5.74, 6) is 1.32. The predicted octanol–water partition coefficient (Wildman–Crippen LogP) is 3.84. The number of ether oxygens (including phenoxy) is 2. The monoisotopic (exact) mass is 504 g/mol. The molecular weight excluding hydrogens is 485 g/mol. The van der Waals surface area contributed by atoms with Crippen molar-refractivity contribution in [2.24, 2.45) is 5.14 Å². The lowest BCUT2D eigenvalue weighted by atomic mass is 10.2. The van der Waals surface area contributed by atoms with Gasteiger partial charge in [-0.15, -0.1) is 11.6 Å². The molecule has 0 aliphatic heterocycles. The van der Waals surface area contributed by atoms with E-state index in [-0.39, 0.29) is 22.8 Å². The second kappa shape index (κ2) is 10.4. The van der Waals surface area contributed by atoms with Gasteiger partial charge in [-0.2, -0.15) is 13.2 Å². The van der Waals surface area contributed by atoms with Gasteiger partial charge < -0.3 is 14.8 Å². The van der Waals surface area contributed by atoms with Crippen LogP contribution in [0.4, 0.5) is 19.0 Å². The first-order valence-electron chi connectivity index (χ1n) is 9.59. The summed E-state index contributed by atoms with van der Waals surface area (Å²) in [7, 11) is -4.07. The Morgan fingerprint density at radius 3 is 2.58 bits per heavy atom. The third kappa shape index (κ3) is 7.07. The Labute approximate surface area is 192 Å². The van der Waals surface area contributed by atoms with Crippen LogP contribution < -0.4 is 19.9 Å². The Morgan fingerprint density at radius 1 is 1.09 bits per heavy atom. The fourth-order valence-electron chi connectivity index (χ4n) is 2.86. The van der Waals surface area contributed by atoms with Crippen molar-refractivity contribution in [1.82, 2.24) is 9.97 Å². The second-order valence-corrected chi connectivity index (χ2v) is 8.80. The number of sulfonamides is 1. The van der Waals surface area contributed by atoms with Crippen molar-refractivity contribution in [3.05, 3.63) is 48.3 Å². The quantitative estimate of drug-likeness (QED) is 0.318. The van der Waals surface area contributed by atoms with Crippen LogP contribution in [-0.2, 0) is 16.6 Å². The van der Waals surface area contributed by atoms with Crippen molar-refractivity contribution in [1.29, 1.82) is 0 Å². The maximum absolute atomic E-state index is 12.6. The highest BCUT2D eigenvalue weighted by molar-refractivity contribution is 7.89. The highest BCUT2D eigenvalue weighted by atomic mass is 35.5. The van der Waals surface area contributed by atoms with Crippen molar-refractivity contribution in [2.75, 3.05) is 24.4 Å². The molecule has 0 aliphatic carbocycles. The number of nitrogens with two attached hydrogens (primary N) is 1. The zero-order valence-electron chi connectivity index (χ0n) is 17.1. The van der Waals surface area contributed by atoms with Gasteiger partial charge in [-0.3, -0.25) is 0 Å². The van der Waals surface area contributed by atoms with Gasteiger partial charge in [-0.1, -0.05) is 0 Å². The fourth-order valence-corrected chi connectivity index (χ4v) is 3.54. The molecular formula is C20H20ClF3N4O4S. The molecule has 1 heterocycles. The maximum Gasteiger partial charge on any atom is 0.422 e. The maximum atomic E-state index is 12.6. The summed E-state index contributed by atoms with van der Waals surface area (Å²) < 4.78 is 71.6. The highest BCUT2D eigenvalue weighted by Crippen LogP contribution is 2.28. The number of nitrogens with zero attached hydrogens (tertiary/aromatic N) is 2. The van der Waals surface area contributed by atoms with Crippen molar-refractivity contribution < 1.29 is 31.1 Å². The van der Waals surface area contributed by atoms with Crippen LogP contribution in [0.3, 0.4) is 0 Å². The topological polar surface area (TPSA) is 116 Å². The number of nitrogens with one attached hydrogen (secondary N) is 1. The molecule has 1 aromatic heterocycles. The Kier molecular flexibility index (Phi) is 7.82. The third-order valence-corrected chi connectivity index (χ3v) is 5.53. The minimum Gasteiger partial charge on any atom is -0.493 e. The van der Waals surface area contributed by atoms with Crippen molar-refractivity contribution in [2.45, 2.75) is 24.0 Å². The number of rotatable bonds is 10. The summed E-state index contributed by atoms with van der Waals surface area (Å²) in [5.41, 5.74) is 0.723. The van der Waals surface area contributed by atoms with E-state index in [1.54, 1.807) is 18.2 Å². The van der Waals surface area contributed by atoms with Gasteiger partial charge in [0.15, 0.2) is 6.61 Å². The van der Waals surface area contributed by atoms with Gasteiger partial charge in [0.1, 0.15) is 23.6 Å². The normalized spacial score (nSPS) is 12.0. The standard InChI is InChI=1S/C20H20ClF3N4O4S/c21-6-1-7-31-14-2-4-16-17(9-14)27-12-28-19(16)26-10-13-8-15(33(25,29)30)3-5-18(13)32-11-20(22,23)24/h2-5,8-9,12H,1,6-7,10-11H2,(H2,25,29,30)(H,26,27,28). The molecule has 0 radical (unpaired) electrons. The Hall–Kier alpha value is -2.83. The lowest BCUT2D eigenvalue weighted by molar-refractivity contribution is -0.153. The van der Waals surface area contributed by atoms with Crippen LogP contribution in [0.5, 0.6) is 11.5 Å². The van der Waals surface area contributed by atoms with Crippen LogP contribution in [0.15, 0.2) is 47.6 Å². The van der Waals surface area contributed by atoms with Gasteiger partial charge in [-0.05, 0) is 36.8 Å². The number of primary sulfonamides is 1. The molecule has 3 N–H and O–H groups in total. The molecule has 0 saturated heterocycles. The van der Waals surface area contributed by atoms with Crippen LogP contribution in [0.25, 0.3) is 10.9 Å². The van der Waals surface area contributed by atoms with E-state index in [0.29, 0.717) is 41.4 Å². The molecule has 3 aromatic rings. The Morgan fingerprint density at radius 2 is 1.88 bits per heavy atom. The lowest BCUT2D eigenvalue weighted by Crippen LogP contribution is -2.20. The third-order valence-electron chi connectivity index (χ3n) is 4.35. The van der Waals surface area contributed by atoms with Crippen LogP contribution in [0, 0.1) is 0 Å². The first-order chi connectivity index (χ1) is 15.6. The number of aromatic nitrogens is 2. The van der Waals surface area contributed by atoms with E-state index in [4.69, 9.17) is 26.2 Å². The van der Waals surface area contributed by atoms with E-state index in [1.807, 2.05) is 0 Å². The van der Waals surface area contributed by atoms with Gasteiger partial charge in [0.2, 0.25) is 10.0 Å². The first kappa shape index (κ1) is 24.8.